The Hall–Kier alpha value is -12.3. The number of amides is 4. The fourth-order valence-electron chi connectivity index (χ4n) is 16.0. The van der Waals surface area contributed by atoms with Gasteiger partial charge in [0.1, 0.15) is 0 Å². The second-order valence-electron chi connectivity index (χ2n) is 36.7. The minimum atomic E-state index is -1.78. The van der Waals surface area contributed by atoms with Gasteiger partial charge in [-0.1, -0.05) is 82.5 Å². The first-order chi connectivity index (χ1) is 65.4. The molecule has 0 radical (unpaired) electrons. The SMILES string of the molecule is COC(=O)c1cc(C)c(N)c(C)c1.COC(=O)c1cc(C)c(NC(=O)c2[c-]ccc(N3CCC(O)CC3)c2)c(C)c1.COC(=O)c1cc(C)c(NC(=O)c2cc(Br)ccc2C)c(C)c1.COC(=O)c1cc(C)c(NC(=O)c2cc(N3CCC(O[Si](C)(C)C(C)(C)C)CC3)ccc2C)c(C)c1.Cc1ccc(Br)cc1C(=O)O.Cc1ccc(N2CCC(O)CC2)cc1C(=O)Nc1c(C)cc(C(=O)O)cc1C.[CH3-].[Fe+2]. The summed E-state index contributed by atoms with van der Waals surface area (Å²) in [6.45, 7) is 42.3. The molecule has 3 saturated heterocycles. The van der Waals surface area contributed by atoms with Crippen molar-refractivity contribution < 1.29 is 109 Å². The van der Waals surface area contributed by atoms with Crippen LogP contribution in [0.1, 0.15) is 241 Å². The number of aromatic carboxylic acids is 2. The number of esters is 4. The van der Waals surface area contributed by atoms with Crippen LogP contribution in [0.2, 0.25) is 18.1 Å². The van der Waals surface area contributed by atoms with E-state index < -0.39 is 32.2 Å². The molecule has 3 fully saturated rings. The summed E-state index contributed by atoms with van der Waals surface area (Å²) in [6.07, 6.45) is 4.70. The average molecular weight is 2120 g/mol. The number of nitrogen functional groups attached to an aromatic ring is 1. The van der Waals surface area contributed by atoms with E-state index in [0.717, 1.165) is 182 Å². The standard InChI is InChI=1S/C29H42N2O4Si.C22H26N2O4.C22H25N2O4.C18H18BrNO3.C10H13NO2.C8H7BrO2.CH3.Fe/c1-19-10-11-23(31-14-12-24(13-15-31)35-36(8,9)29(4,5)6)18-25(19)27(32)30-26-20(2)16-22(17-21(26)3)28(33)34-7;1-13-4-5-17(24-8-6-18(25)7-9-24)12-19(13)21(26)23-20-14(2)10-16(22(27)28)11-15(20)3;1-14-11-17(22(27)28-3)12-15(2)20(14)23-21(26)16-5-4-6-18(13-16)24-9-7-19(25)8-10-24;1-10-5-6-14(19)9-15(10)17(21)20-16-11(2)7-13(8-12(16)3)18(22)23-4;1-6-4-8(10(12)13-3)5-7(2)9(6)11;1-5-2-3-6(9)4-7(5)8(10)11;;/h10-11,16-18,24H,12-15H2,1-9H3,(H,30,32);4-5,10-12,18,25H,6-9H2,1-3H3,(H,23,26)(H,27,28);4,6,11-13,19,25H,7-10H2,1-3H3,(H,23,26);5-9H,1-4H3,(H,20,21);4-5H,11H2,1-3H3;2-4H,1H3,(H,10,11);1H3;/q;;-1;;;;-1;+2. The maximum absolute atomic E-state index is 13.3. The predicted octanol–water partition coefficient (Wildman–Crippen LogP) is 22.3. The number of carbonyl (C=O) groups is 10. The number of piperidine rings is 3. The maximum Gasteiger partial charge on any atom is 2.00 e. The number of anilines is 8. The molecule has 0 spiro atoms. The first kappa shape index (κ1) is 117. The average Bonchev–Trinajstić information content (AvgIpc) is 0.796. The fraction of sp³-hybridized carbons (Fsp3) is 0.355. The van der Waals surface area contributed by atoms with Crippen LogP contribution in [0.4, 0.5) is 45.5 Å². The number of aliphatic hydroxyl groups excluding tert-OH is 2. The second kappa shape index (κ2) is 53.0. The number of methoxy groups -OCH3 is 4. The Balaban J connectivity index is 0.000000267. The van der Waals surface area contributed by atoms with Crippen LogP contribution in [0.3, 0.4) is 0 Å². The third-order valence-electron chi connectivity index (χ3n) is 25.2. The zero-order valence-electron chi connectivity index (χ0n) is 85.1. The van der Waals surface area contributed by atoms with E-state index in [4.69, 9.17) is 29.5 Å². The quantitative estimate of drug-likeness (QED) is 0.0119. The van der Waals surface area contributed by atoms with E-state index in [9.17, 15) is 63.3 Å². The molecule has 3 aliphatic rings. The van der Waals surface area contributed by atoms with Crippen LogP contribution in [0.15, 0.2) is 161 Å². The van der Waals surface area contributed by atoms with E-state index >= 15 is 0 Å². The summed E-state index contributed by atoms with van der Waals surface area (Å²) in [6, 6.07) is 48.1. The molecule has 141 heavy (non-hydrogen) atoms. The monoisotopic (exact) mass is 2110 g/mol. The van der Waals surface area contributed by atoms with Gasteiger partial charge < -0.3 is 97.7 Å². The van der Waals surface area contributed by atoms with Gasteiger partial charge in [0.25, 0.3) is 17.7 Å². The summed E-state index contributed by atoms with van der Waals surface area (Å²) in [4.78, 5) is 127. The number of nitrogens with two attached hydrogens (primary N) is 1. The maximum atomic E-state index is 13.3. The summed E-state index contributed by atoms with van der Waals surface area (Å²) in [5, 5.41) is 49.3. The number of nitrogens with one attached hydrogen (secondary N) is 4. The van der Waals surface area contributed by atoms with Gasteiger partial charge in [0.15, 0.2) is 14.2 Å². The number of aliphatic hydroxyl groups is 2. The van der Waals surface area contributed by atoms with Gasteiger partial charge in [0, 0.05) is 111 Å². The summed E-state index contributed by atoms with van der Waals surface area (Å²) >= 11 is 6.58. The number of benzene rings is 10. The van der Waals surface area contributed by atoms with Gasteiger partial charge in [-0.15, -0.1) is 24.3 Å². The smallest absolute Gasteiger partial charge is 0.478 e. The van der Waals surface area contributed by atoms with Gasteiger partial charge >= 0.3 is 52.9 Å². The van der Waals surface area contributed by atoms with Crippen LogP contribution >= 0.6 is 31.9 Å². The van der Waals surface area contributed by atoms with Crippen LogP contribution in [0.25, 0.3) is 0 Å². The molecule has 754 valence electrons. The molecule has 10 aromatic rings. The normalized spacial score (nSPS) is 13.0. The molecule has 31 heteroatoms. The molecular formula is C110H134Br2FeN8O19Si. The van der Waals surface area contributed by atoms with Crippen molar-refractivity contribution >= 4 is 145 Å². The Kier molecular flexibility index (Phi) is 44.1. The molecule has 0 aliphatic carbocycles. The Labute approximate surface area is 857 Å². The third-order valence-corrected chi connectivity index (χ3v) is 30.7. The number of nitrogens with zero attached hydrogens (tertiary/aromatic N) is 3. The number of ether oxygens (including phenoxy) is 4. The van der Waals surface area contributed by atoms with Crippen molar-refractivity contribution in [1.29, 1.82) is 0 Å². The van der Waals surface area contributed by atoms with Gasteiger partial charge in [0.05, 0.1) is 74.0 Å². The van der Waals surface area contributed by atoms with E-state index in [2.05, 4.69) is 119 Å². The van der Waals surface area contributed by atoms with Crippen molar-refractivity contribution in [2.45, 2.75) is 193 Å². The molecule has 3 heterocycles. The van der Waals surface area contributed by atoms with Gasteiger partial charge in [-0.3, -0.25) is 14.4 Å². The number of carbonyl (C=O) groups excluding carboxylic acids is 8. The Morgan fingerprint density at radius 2 is 0.638 bits per heavy atom. The Morgan fingerprint density at radius 1 is 0.369 bits per heavy atom. The number of hydrogen-bond acceptors (Lipinski definition) is 21. The van der Waals surface area contributed by atoms with Crippen molar-refractivity contribution in [2.75, 3.05) is 109 Å². The van der Waals surface area contributed by atoms with Gasteiger partial charge in [-0.2, -0.15) is 0 Å². The third kappa shape index (κ3) is 32.3. The minimum Gasteiger partial charge on any atom is -0.478 e. The molecule has 10 aromatic carbocycles. The second-order valence-corrected chi connectivity index (χ2v) is 43.3. The van der Waals surface area contributed by atoms with Crippen LogP contribution in [0, 0.1) is 110 Å². The minimum absolute atomic E-state index is 0. The van der Waals surface area contributed by atoms with Crippen molar-refractivity contribution in [3.63, 3.8) is 0 Å². The first-order valence-electron chi connectivity index (χ1n) is 45.8. The number of carboxylic acid groups (broad SMARTS) is 2. The van der Waals surface area contributed by atoms with Crippen molar-refractivity contribution in [1.82, 2.24) is 0 Å². The Bertz CT molecular complexity index is 6100. The zero-order valence-corrected chi connectivity index (χ0v) is 90.4. The van der Waals surface area contributed by atoms with E-state index in [-0.39, 0.29) is 82.9 Å². The predicted molar refractivity (Wildman–Crippen MR) is 565 cm³/mol. The van der Waals surface area contributed by atoms with Crippen LogP contribution < -0.4 is 41.7 Å². The molecule has 10 N–H and O–H groups in total. The fourth-order valence-corrected chi connectivity index (χ4v) is 18.2. The van der Waals surface area contributed by atoms with Crippen LogP contribution in [0.5, 0.6) is 0 Å². The molecule has 0 aromatic heterocycles. The van der Waals surface area contributed by atoms with Gasteiger partial charge in [0.2, 0.25) is 0 Å². The van der Waals surface area contributed by atoms with E-state index in [1.54, 1.807) is 106 Å². The molecule has 13 rings (SSSR count). The van der Waals surface area contributed by atoms with Crippen molar-refractivity contribution in [2.24, 2.45) is 0 Å². The largest absolute Gasteiger partial charge is 2.00 e. The van der Waals surface area contributed by atoms with E-state index in [1.807, 2.05) is 137 Å². The van der Waals surface area contributed by atoms with E-state index in [0.29, 0.717) is 84.4 Å². The van der Waals surface area contributed by atoms with Crippen LogP contribution in [-0.2, 0) is 40.4 Å². The molecule has 4 amide bonds. The van der Waals surface area contributed by atoms with Crippen LogP contribution in [-0.4, -0.2) is 174 Å². The summed E-state index contributed by atoms with van der Waals surface area (Å²) in [5.74, 6) is -4.19. The van der Waals surface area contributed by atoms with Crippen molar-refractivity contribution in [3.05, 3.63) is 308 Å². The molecular weight excluding hydrogens is 1980 g/mol. The molecule has 27 nitrogen and oxygen atoms in total. The number of rotatable bonds is 19. The van der Waals surface area contributed by atoms with Gasteiger partial charge in [-0.05, 0) is 346 Å². The molecule has 3 aliphatic heterocycles. The topological polar surface area (TPSA) is 382 Å². The summed E-state index contributed by atoms with van der Waals surface area (Å²) < 4.78 is 27.2. The number of hydrogen-bond donors (Lipinski definition) is 9. The number of halogens is 2. The summed E-state index contributed by atoms with van der Waals surface area (Å²) in [7, 11) is 3.63. The molecule has 0 saturated carbocycles. The summed E-state index contributed by atoms with van der Waals surface area (Å²) in [5.41, 5.74) is 28.5. The zero-order chi connectivity index (χ0) is 103. The van der Waals surface area contributed by atoms with E-state index in [1.165, 1.54) is 28.4 Å². The van der Waals surface area contributed by atoms with Gasteiger partial charge in [-0.25, -0.2) is 28.8 Å². The van der Waals surface area contributed by atoms with Crippen molar-refractivity contribution in [3.8, 4) is 0 Å². The number of carboxylic acids is 2. The molecule has 0 unspecified atom stereocenters. The molecule has 0 bridgehead atoms. The first-order valence-corrected chi connectivity index (χ1v) is 50.3. The number of aryl methyl sites for hydroxylation is 14. The Morgan fingerprint density at radius 3 is 0.936 bits per heavy atom. The molecule has 0 atom stereocenters.